The van der Waals surface area contributed by atoms with Gasteiger partial charge in [0.1, 0.15) is 0 Å². The fraction of sp³-hybridized carbons (Fsp3) is 0.263. The number of benzene rings is 2. The molecule has 1 heterocycles. The van der Waals surface area contributed by atoms with Crippen molar-refractivity contribution in [2.45, 2.75) is 30.9 Å². The van der Waals surface area contributed by atoms with Crippen LogP contribution in [0.25, 0.3) is 0 Å². The Bertz CT molecular complexity index is 787. The molecule has 0 N–H and O–H groups in total. The number of aliphatic imine (C=N–C) groups is 1. The van der Waals surface area contributed by atoms with Gasteiger partial charge in [-0.3, -0.25) is 4.79 Å². The minimum atomic E-state index is -0.912. The highest BCUT2D eigenvalue weighted by atomic mass is 35.5. The van der Waals surface area contributed by atoms with E-state index < -0.39 is 11.6 Å². The quantitative estimate of drug-likeness (QED) is 0.832. The fourth-order valence-electron chi connectivity index (χ4n) is 3.46. The van der Waals surface area contributed by atoms with Crippen LogP contribution in [0.1, 0.15) is 30.4 Å². The second kappa shape index (κ2) is 5.50. The SMILES string of the molecule is O=C1C2CCCC1(c1ccccc1Cl)N=C(c1ccccc1)O2. The lowest BCUT2D eigenvalue weighted by Gasteiger charge is -2.41. The van der Waals surface area contributed by atoms with Crippen LogP contribution in [-0.2, 0) is 15.1 Å². The van der Waals surface area contributed by atoms with Gasteiger partial charge in [-0.25, -0.2) is 4.99 Å². The van der Waals surface area contributed by atoms with Gasteiger partial charge in [-0.1, -0.05) is 48.0 Å². The van der Waals surface area contributed by atoms with E-state index >= 15 is 0 Å². The molecule has 1 aliphatic heterocycles. The first kappa shape index (κ1) is 14.5. The zero-order chi connectivity index (χ0) is 15.9. The zero-order valence-corrected chi connectivity index (χ0v) is 13.3. The van der Waals surface area contributed by atoms with Crippen molar-refractivity contribution in [2.24, 2.45) is 4.99 Å². The highest BCUT2D eigenvalue weighted by molar-refractivity contribution is 6.32. The van der Waals surface area contributed by atoms with Crippen LogP contribution in [0.2, 0.25) is 5.02 Å². The number of halogens is 1. The monoisotopic (exact) mass is 325 g/mol. The Morgan fingerprint density at radius 2 is 1.83 bits per heavy atom. The summed E-state index contributed by atoms with van der Waals surface area (Å²) in [6.07, 6.45) is 1.86. The molecule has 2 aromatic carbocycles. The van der Waals surface area contributed by atoms with Crippen LogP contribution in [-0.4, -0.2) is 17.8 Å². The summed E-state index contributed by atoms with van der Waals surface area (Å²) in [6, 6.07) is 17.2. The van der Waals surface area contributed by atoms with Crippen LogP contribution < -0.4 is 0 Å². The minimum Gasteiger partial charge on any atom is -0.466 e. The molecule has 2 aliphatic rings. The lowest BCUT2D eigenvalue weighted by Crippen LogP contribution is -2.51. The molecule has 2 atom stereocenters. The Morgan fingerprint density at radius 3 is 2.61 bits per heavy atom. The van der Waals surface area contributed by atoms with Crippen LogP contribution in [0.15, 0.2) is 59.6 Å². The topological polar surface area (TPSA) is 38.7 Å². The van der Waals surface area contributed by atoms with E-state index in [9.17, 15) is 4.79 Å². The summed E-state index contributed by atoms with van der Waals surface area (Å²) in [7, 11) is 0. The maximum absolute atomic E-state index is 13.0. The molecule has 1 fully saturated rings. The molecule has 0 saturated heterocycles. The molecule has 1 saturated carbocycles. The van der Waals surface area contributed by atoms with E-state index in [0.717, 1.165) is 24.0 Å². The number of rotatable bonds is 2. The maximum Gasteiger partial charge on any atom is 0.218 e. The Hall–Kier alpha value is -2.13. The summed E-state index contributed by atoms with van der Waals surface area (Å²) in [5.74, 6) is 0.561. The molecule has 2 bridgehead atoms. The lowest BCUT2D eigenvalue weighted by molar-refractivity contribution is -0.137. The first-order valence-corrected chi connectivity index (χ1v) is 8.20. The van der Waals surface area contributed by atoms with E-state index in [2.05, 4.69) is 0 Å². The highest BCUT2D eigenvalue weighted by Gasteiger charge is 2.51. The first-order valence-electron chi connectivity index (χ1n) is 7.82. The van der Waals surface area contributed by atoms with E-state index in [1.807, 2.05) is 54.6 Å². The molecule has 0 spiro atoms. The number of nitrogens with zero attached hydrogens (tertiary/aromatic N) is 1. The number of ketones is 1. The van der Waals surface area contributed by atoms with Crippen LogP contribution in [0, 0.1) is 0 Å². The number of carbonyl (C=O) groups is 1. The average Bonchev–Trinajstić information content (AvgIpc) is 2.56. The number of fused-ring (bicyclic) bond motifs is 2. The predicted molar refractivity (Wildman–Crippen MR) is 89.8 cm³/mol. The third-order valence-corrected chi connectivity index (χ3v) is 4.92. The van der Waals surface area contributed by atoms with Gasteiger partial charge in [-0.2, -0.15) is 0 Å². The van der Waals surface area contributed by atoms with Gasteiger partial charge in [-0.15, -0.1) is 0 Å². The van der Waals surface area contributed by atoms with Crippen LogP contribution in [0.3, 0.4) is 0 Å². The molecule has 0 radical (unpaired) electrons. The van der Waals surface area contributed by atoms with Crippen molar-refractivity contribution in [2.75, 3.05) is 0 Å². The van der Waals surface area contributed by atoms with Crippen molar-refractivity contribution in [1.29, 1.82) is 0 Å². The van der Waals surface area contributed by atoms with Gasteiger partial charge in [0, 0.05) is 16.1 Å². The first-order chi connectivity index (χ1) is 11.2. The summed E-state index contributed by atoms with van der Waals surface area (Å²) in [6.45, 7) is 0. The summed E-state index contributed by atoms with van der Waals surface area (Å²) < 4.78 is 5.90. The van der Waals surface area contributed by atoms with Gasteiger partial charge in [0.15, 0.2) is 11.6 Å². The zero-order valence-electron chi connectivity index (χ0n) is 12.5. The molecule has 116 valence electrons. The summed E-state index contributed by atoms with van der Waals surface area (Å²) in [5.41, 5.74) is 0.765. The van der Waals surface area contributed by atoms with Crippen molar-refractivity contribution in [3.63, 3.8) is 0 Å². The van der Waals surface area contributed by atoms with Crippen molar-refractivity contribution >= 4 is 23.3 Å². The molecule has 2 unspecified atom stereocenters. The maximum atomic E-state index is 13.0. The number of hydrogen-bond acceptors (Lipinski definition) is 3. The molecule has 0 aromatic heterocycles. The molecule has 3 nitrogen and oxygen atoms in total. The molecule has 4 rings (SSSR count). The van der Waals surface area contributed by atoms with Gasteiger partial charge < -0.3 is 4.74 Å². The molecule has 2 aromatic rings. The second-order valence-electron chi connectivity index (χ2n) is 5.99. The van der Waals surface area contributed by atoms with Crippen molar-refractivity contribution in [3.05, 3.63) is 70.7 Å². The molecular weight excluding hydrogens is 310 g/mol. The third-order valence-electron chi connectivity index (χ3n) is 4.59. The standard InChI is InChI=1S/C19H16ClNO2/c20-15-10-5-4-9-14(15)19-12-6-11-16(17(19)22)23-18(21-19)13-7-2-1-3-8-13/h1-5,7-10,16H,6,11-12H2. The molecule has 23 heavy (non-hydrogen) atoms. The molecule has 0 amide bonds. The predicted octanol–water partition coefficient (Wildman–Crippen LogP) is 4.13. The number of hydrogen-bond donors (Lipinski definition) is 0. The largest absolute Gasteiger partial charge is 0.466 e. The molecular formula is C19H16ClNO2. The van der Waals surface area contributed by atoms with Crippen molar-refractivity contribution in [3.8, 4) is 0 Å². The van der Waals surface area contributed by atoms with Gasteiger partial charge >= 0.3 is 0 Å². The van der Waals surface area contributed by atoms with E-state index in [4.69, 9.17) is 21.3 Å². The lowest BCUT2D eigenvalue weighted by atomic mass is 9.74. The van der Waals surface area contributed by atoms with Gasteiger partial charge in [0.25, 0.3) is 0 Å². The van der Waals surface area contributed by atoms with Crippen molar-refractivity contribution in [1.82, 2.24) is 0 Å². The molecule has 4 heteroatoms. The summed E-state index contributed by atoms with van der Waals surface area (Å²) in [5, 5.41) is 0.583. The van der Waals surface area contributed by atoms with E-state index in [0.29, 0.717) is 17.3 Å². The highest BCUT2D eigenvalue weighted by Crippen LogP contribution is 2.44. The van der Waals surface area contributed by atoms with Crippen LogP contribution >= 0.6 is 11.6 Å². The van der Waals surface area contributed by atoms with Crippen LogP contribution in [0.5, 0.6) is 0 Å². The van der Waals surface area contributed by atoms with Gasteiger partial charge in [0.05, 0.1) is 0 Å². The minimum absolute atomic E-state index is 0.0246. The Morgan fingerprint density at radius 1 is 1.09 bits per heavy atom. The van der Waals surface area contributed by atoms with Gasteiger partial charge in [-0.05, 0) is 37.5 Å². The smallest absolute Gasteiger partial charge is 0.218 e. The Kier molecular flexibility index (Phi) is 3.46. The summed E-state index contributed by atoms with van der Waals surface area (Å²) in [4.78, 5) is 17.7. The Labute approximate surface area is 140 Å². The number of ether oxygens (including phenoxy) is 1. The second-order valence-corrected chi connectivity index (χ2v) is 6.39. The number of Topliss-reactive ketones (excluding diaryl/α,β-unsaturated/α-hetero) is 1. The average molecular weight is 326 g/mol. The third kappa shape index (κ3) is 2.27. The van der Waals surface area contributed by atoms with Gasteiger partial charge in [0.2, 0.25) is 11.7 Å². The van der Waals surface area contributed by atoms with E-state index in [-0.39, 0.29) is 5.78 Å². The van der Waals surface area contributed by atoms with Crippen LogP contribution in [0.4, 0.5) is 0 Å². The number of carbonyl (C=O) groups excluding carboxylic acids is 1. The fourth-order valence-corrected chi connectivity index (χ4v) is 3.75. The normalized spacial score (nSPS) is 26.4. The van der Waals surface area contributed by atoms with Crippen molar-refractivity contribution < 1.29 is 9.53 Å². The molecule has 1 aliphatic carbocycles. The van der Waals surface area contributed by atoms with E-state index in [1.54, 1.807) is 0 Å². The summed E-state index contributed by atoms with van der Waals surface area (Å²) >= 11 is 6.39. The Balaban J connectivity index is 1.91. The van der Waals surface area contributed by atoms with E-state index in [1.165, 1.54) is 0 Å².